The summed E-state index contributed by atoms with van der Waals surface area (Å²) >= 11 is 0. The molecule has 0 aliphatic carbocycles. The van der Waals surface area contributed by atoms with Crippen molar-refractivity contribution in [1.82, 2.24) is 19.9 Å². The molecule has 0 unspecified atom stereocenters. The number of sulfonamides is 1. The Morgan fingerprint density at radius 3 is 2.88 bits per heavy atom. The van der Waals surface area contributed by atoms with Gasteiger partial charge < -0.3 is 20.7 Å². The second-order valence-electron chi connectivity index (χ2n) is 8.55. The number of pyridine rings is 1. The minimum absolute atomic E-state index is 0.102. The number of anilines is 1. The lowest BCUT2D eigenvalue weighted by Crippen LogP contribution is -2.49. The molecule has 2 aliphatic rings. The normalized spacial score (nSPS) is 18.2. The molecule has 1 aromatic heterocycles. The second-order valence-corrected chi connectivity index (χ2v) is 10.3. The summed E-state index contributed by atoms with van der Waals surface area (Å²) in [6, 6.07) is 7.25. The summed E-state index contributed by atoms with van der Waals surface area (Å²) in [4.78, 5) is 31.3. The fourth-order valence-electron chi connectivity index (χ4n) is 4.18. The summed E-state index contributed by atoms with van der Waals surface area (Å²) < 4.78 is 34.0. The molecule has 1 atom stereocenters. The number of nitrogen functional groups attached to an aromatic ring is 1. The van der Waals surface area contributed by atoms with E-state index in [1.165, 1.54) is 11.0 Å². The van der Waals surface area contributed by atoms with E-state index in [9.17, 15) is 18.0 Å². The Labute approximate surface area is 198 Å². The number of hydrogen-bond donors (Lipinski definition) is 3. The number of nitrogens with zero attached hydrogens (tertiary/aromatic N) is 2. The summed E-state index contributed by atoms with van der Waals surface area (Å²) in [6.45, 7) is 2.84. The Bertz CT molecular complexity index is 1200. The number of carbonyl (C=O) groups is 2. The SMILES string of the molecule is Cc1nc(N)ccc1CNC(=O)CN1CCCC[C@H](NS(=O)(=O)c2ccc3c(c2)CCO3)C1=O. The lowest BCUT2D eigenvalue weighted by molar-refractivity contribution is -0.136. The lowest BCUT2D eigenvalue weighted by atomic mass is 10.1. The van der Waals surface area contributed by atoms with Crippen molar-refractivity contribution in [3.8, 4) is 5.75 Å². The third-order valence-electron chi connectivity index (χ3n) is 6.08. The Hall–Kier alpha value is -3.18. The molecule has 11 heteroatoms. The van der Waals surface area contributed by atoms with Crippen molar-refractivity contribution in [1.29, 1.82) is 0 Å². The highest BCUT2D eigenvalue weighted by molar-refractivity contribution is 7.89. The van der Waals surface area contributed by atoms with Crippen LogP contribution >= 0.6 is 0 Å². The summed E-state index contributed by atoms with van der Waals surface area (Å²) in [5.41, 5.74) is 8.04. The van der Waals surface area contributed by atoms with Gasteiger partial charge in [0.05, 0.1) is 18.0 Å². The van der Waals surface area contributed by atoms with Crippen molar-refractivity contribution >= 4 is 27.7 Å². The number of fused-ring (bicyclic) bond motifs is 1. The van der Waals surface area contributed by atoms with Gasteiger partial charge in [0.2, 0.25) is 21.8 Å². The van der Waals surface area contributed by atoms with Crippen molar-refractivity contribution in [2.45, 2.75) is 50.1 Å². The molecular weight excluding hydrogens is 458 g/mol. The van der Waals surface area contributed by atoms with Gasteiger partial charge in [-0.05, 0) is 61.6 Å². The first-order valence-electron chi connectivity index (χ1n) is 11.3. The molecule has 1 fully saturated rings. The third-order valence-corrected chi connectivity index (χ3v) is 7.55. The van der Waals surface area contributed by atoms with Crippen LogP contribution < -0.4 is 20.5 Å². The van der Waals surface area contributed by atoms with E-state index in [1.54, 1.807) is 31.2 Å². The molecule has 1 saturated heterocycles. The minimum atomic E-state index is -3.91. The van der Waals surface area contributed by atoms with Crippen molar-refractivity contribution in [3.63, 3.8) is 0 Å². The van der Waals surface area contributed by atoms with E-state index < -0.39 is 22.0 Å². The smallest absolute Gasteiger partial charge is 0.241 e. The Morgan fingerprint density at radius 1 is 1.26 bits per heavy atom. The van der Waals surface area contributed by atoms with Gasteiger partial charge in [-0.15, -0.1) is 0 Å². The Balaban J connectivity index is 1.39. The van der Waals surface area contributed by atoms with Gasteiger partial charge in [0.1, 0.15) is 17.6 Å². The standard InChI is InChI=1S/C23H29N5O5S/c1-15-17(5-8-21(24)26-15)13-25-22(29)14-28-10-3-2-4-19(23(28)30)27-34(31,32)18-6-7-20-16(12-18)9-11-33-20/h5-8,12,19,27H,2-4,9-11,13-14H2,1H3,(H2,24,26)(H,25,29)/t19-/m0/s1. The Kier molecular flexibility index (Phi) is 7.03. The number of nitrogens with two attached hydrogens (primary N) is 1. The molecule has 0 saturated carbocycles. The van der Waals surface area contributed by atoms with Gasteiger partial charge in [-0.1, -0.05) is 6.07 Å². The monoisotopic (exact) mass is 487 g/mol. The highest BCUT2D eigenvalue weighted by atomic mass is 32.2. The van der Waals surface area contributed by atoms with Gasteiger partial charge in [0, 0.05) is 25.2 Å². The average molecular weight is 488 g/mol. The van der Waals surface area contributed by atoms with Gasteiger partial charge in [-0.2, -0.15) is 4.72 Å². The van der Waals surface area contributed by atoms with E-state index in [-0.39, 0.29) is 23.9 Å². The maximum Gasteiger partial charge on any atom is 0.241 e. The van der Waals surface area contributed by atoms with Gasteiger partial charge in [0.15, 0.2) is 0 Å². The maximum atomic E-state index is 13.1. The number of benzene rings is 1. The fraction of sp³-hybridized carbons (Fsp3) is 0.435. The van der Waals surface area contributed by atoms with Crippen molar-refractivity contribution in [2.75, 3.05) is 25.4 Å². The zero-order valence-electron chi connectivity index (χ0n) is 19.0. The highest BCUT2D eigenvalue weighted by Crippen LogP contribution is 2.28. The van der Waals surface area contributed by atoms with Crippen LogP contribution in [0.15, 0.2) is 35.2 Å². The zero-order valence-corrected chi connectivity index (χ0v) is 19.9. The Morgan fingerprint density at radius 2 is 2.09 bits per heavy atom. The number of aryl methyl sites for hydroxylation is 1. The number of hydrogen-bond acceptors (Lipinski definition) is 7. The van der Waals surface area contributed by atoms with Crippen LogP contribution in [0.1, 0.15) is 36.1 Å². The van der Waals surface area contributed by atoms with Crippen LogP contribution in [-0.4, -0.2) is 55.9 Å². The first kappa shape index (κ1) is 24.0. The molecule has 3 heterocycles. The predicted molar refractivity (Wildman–Crippen MR) is 125 cm³/mol. The average Bonchev–Trinajstić information content (AvgIpc) is 3.20. The number of likely N-dealkylation sites (tertiary alicyclic amines) is 1. The van der Waals surface area contributed by atoms with Crippen LogP contribution in [0.2, 0.25) is 0 Å². The van der Waals surface area contributed by atoms with Crippen LogP contribution in [0.3, 0.4) is 0 Å². The van der Waals surface area contributed by atoms with E-state index in [4.69, 9.17) is 10.5 Å². The molecule has 1 aromatic carbocycles. The van der Waals surface area contributed by atoms with Gasteiger partial charge in [0.25, 0.3) is 0 Å². The summed E-state index contributed by atoms with van der Waals surface area (Å²) in [6.07, 6.45) is 2.39. The zero-order chi connectivity index (χ0) is 24.3. The van der Waals surface area contributed by atoms with E-state index >= 15 is 0 Å². The quantitative estimate of drug-likeness (QED) is 0.526. The number of ether oxygens (including phenoxy) is 1. The van der Waals surface area contributed by atoms with E-state index in [0.717, 1.165) is 16.8 Å². The molecule has 0 radical (unpaired) electrons. The predicted octanol–water partition coefficient (Wildman–Crippen LogP) is 0.883. The first-order chi connectivity index (χ1) is 16.2. The topological polar surface area (TPSA) is 144 Å². The number of rotatable bonds is 7. The largest absolute Gasteiger partial charge is 0.493 e. The molecule has 2 aliphatic heterocycles. The highest BCUT2D eigenvalue weighted by Gasteiger charge is 2.32. The van der Waals surface area contributed by atoms with Crippen LogP contribution in [0.5, 0.6) is 5.75 Å². The second kappa shape index (κ2) is 9.98. The molecule has 0 bridgehead atoms. The first-order valence-corrected chi connectivity index (χ1v) is 12.8. The van der Waals surface area contributed by atoms with Crippen molar-refractivity contribution in [3.05, 3.63) is 47.2 Å². The molecule has 182 valence electrons. The third kappa shape index (κ3) is 5.48. The van der Waals surface area contributed by atoms with Crippen LogP contribution in [0.25, 0.3) is 0 Å². The minimum Gasteiger partial charge on any atom is -0.493 e. The molecule has 10 nitrogen and oxygen atoms in total. The van der Waals surface area contributed by atoms with Gasteiger partial charge in [-0.3, -0.25) is 9.59 Å². The number of aromatic nitrogens is 1. The van der Waals surface area contributed by atoms with Crippen LogP contribution in [0, 0.1) is 6.92 Å². The van der Waals surface area contributed by atoms with Crippen molar-refractivity contribution < 1.29 is 22.7 Å². The molecule has 34 heavy (non-hydrogen) atoms. The lowest BCUT2D eigenvalue weighted by Gasteiger charge is -2.24. The van der Waals surface area contributed by atoms with Gasteiger partial charge in [-0.25, -0.2) is 13.4 Å². The van der Waals surface area contributed by atoms with Crippen molar-refractivity contribution in [2.24, 2.45) is 0 Å². The number of carbonyl (C=O) groups excluding carboxylic acids is 2. The van der Waals surface area contributed by atoms with Gasteiger partial charge >= 0.3 is 0 Å². The maximum absolute atomic E-state index is 13.1. The van der Waals surface area contributed by atoms with E-state index in [2.05, 4.69) is 15.0 Å². The summed E-state index contributed by atoms with van der Waals surface area (Å²) in [5, 5.41) is 2.80. The van der Waals surface area contributed by atoms with E-state index in [0.29, 0.717) is 50.4 Å². The van der Waals surface area contributed by atoms with Crippen LogP contribution in [-0.2, 0) is 32.6 Å². The summed E-state index contributed by atoms with van der Waals surface area (Å²) in [5.74, 6) is 0.369. The molecule has 2 aromatic rings. The van der Waals surface area contributed by atoms with Crippen LogP contribution in [0.4, 0.5) is 5.82 Å². The van der Waals surface area contributed by atoms with E-state index in [1.807, 2.05) is 0 Å². The number of nitrogens with one attached hydrogen (secondary N) is 2. The molecule has 0 spiro atoms. The molecule has 2 amide bonds. The summed E-state index contributed by atoms with van der Waals surface area (Å²) in [7, 11) is -3.91. The molecular formula is C23H29N5O5S. The molecule has 4 rings (SSSR count). The molecule has 4 N–H and O–H groups in total. The fourth-order valence-corrected chi connectivity index (χ4v) is 5.45. The number of amides is 2.